The number of ether oxygens (including phenoxy) is 2. The van der Waals surface area contributed by atoms with Gasteiger partial charge in [0.05, 0.1) is 31.1 Å². The molecule has 4 nitrogen and oxygen atoms in total. The lowest BCUT2D eigenvalue weighted by Gasteiger charge is -2.59. The number of nitriles is 1. The molecule has 1 heterocycles. The lowest BCUT2D eigenvalue weighted by molar-refractivity contribution is -0.264. The lowest BCUT2D eigenvalue weighted by atomic mass is 9.54. The Morgan fingerprint density at radius 1 is 1.38 bits per heavy atom. The summed E-state index contributed by atoms with van der Waals surface area (Å²) in [6, 6.07) is 12.2. The Balaban J connectivity index is 1.73. The predicted molar refractivity (Wildman–Crippen MR) is 75.9 cm³/mol. The highest BCUT2D eigenvalue weighted by Gasteiger charge is 2.64. The number of esters is 1. The molecule has 1 saturated carbocycles. The maximum Gasteiger partial charge on any atom is 0.307 e. The Hall–Kier alpha value is -1.86. The normalized spacial score (nSPS) is 33.3. The van der Waals surface area contributed by atoms with Crippen molar-refractivity contribution >= 4 is 5.97 Å². The fourth-order valence-corrected chi connectivity index (χ4v) is 3.57. The standard InChI is InChI=1S/C17H19NO3/c1-17(2)15(20-10-11-6-4-3-5-7-11)14-12(9-18)8-13(19)21-16(14)17/h3-7,12,14-16H,8,10H2,1-2H3/t12-,14+,15+,16+/m1/s1. The molecule has 1 aliphatic carbocycles. The van der Waals surface area contributed by atoms with Crippen LogP contribution in [0.2, 0.25) is 0 Å². The summed E-state index contributed by atoms with van der Waals surface area (Å²) in [6.07, 6.45) is -0.0801. The predicted octanol–water partition coefficient (Wildman–Crippen LogP) is 2.68. The molecule has 0 unspecified atom stereocenters. The Morgan fingerprint density at radius 2 is 2.10 bits per heavy atom. The Kier molecular flexibility index (Phi) is 3.46. The number of benzene rings is 1. The van der Waals surface area contributed by atoms with Crippen molar-refractivity contribution in [3.63, 3.8) is 0 Å². The van der Waals surface area contributed by atoms with E-state index >= 15 is 0 Å². The van der Waals surface area contributed by atoms with Crippen molar-refractivity contribution in [3.05, 3.63) is 35.9 Å². The van der Waals surface area contributed by atoms with Crippen LogP contribution in [0.5, 0.6) is 0 Å². The summed E-state index contributed by atoms with van der Waals surface area (Å²) in [6.45, 7) is 4.60. The third-order valence-corrected chi connectivity index (χ3v) is 4.71. The minimum atomic E-state index is -0.301. The molecule has 1 aromatic carbocycles. The van der Waals surface area contributed by atoms with Gasteiger partial charge in [0, 0.05) is 11.3 Å². The summed E-state index contributed by atoms with van der Waals surface area (Å²) in [5.74, 6) is -0.575. The van der Waals surface area contributed by atoms with Crippen molar-refractivity contribution < 1.29 is 14.3 Å². The first-order chi connectivity index (χ1) is 10.0. The number of nitrogens with zero attached hydrogens (tertiary/aromatic N) is 1. The number of hydrogen-bond acceptors (Lipinski definition) is 4. The molecule has 1 aliphatic heterocycles. The molecule has 3 rings (SSSR count). The highest BCUT2D eigenvalue weighted by atomic mass is 16.6. The summed E-state index contributed by atoms with van der Waals surface area (Å²) in [4.78, 5) is 11.6. The number of fused-ring (bicyclic) bond motifs is 1. The quantitative estimate of drug-likeness (QED) is 0.801. The monoisotopic (exact) mass is 285 g/mol. The van der Waals surface area contributed by atoms with Gasteiger partial charge in [-0.3, -0.25) is 4.79 Å². The molecule has 110 valence electrons. The smallest absolute Gasteiger partial charge is 0.307 e. The average Bonchev–Trinajstić information content (AvgIpc) is 2.48. The third kappa shape index (κ3) is 2.32. The zero-order valence-corrected chi connectivity index (χ0v) is 12.3. The van der Waals surface area contributed by atoms with Crippen LogP contribution in [0.1, 0.15) is 25.8 Å². The van der Waals surface area contributed by atoms with Crippen LogP contribution in [-0.4, -0.2) is 18.2 Å². The van der Waals surface area contributed by atoms with Gasteiger partial charge in [0.15, 0.2) is 0 Å². The second-order valence-electron chi connectivity index (χ2n) is 6.47. The second kappa shape index (κ2) is 5.16. The van der Waals surface area contributed by atoms with Crippen molar-refractivity contribution in [1.82, 2.24) is 0 Å². The summed E-state index contributed by atoms with van der Waals surface area (Å²) in [5, 5.41) is 9.29. The van der Waals surface area contributed by atoms with E-state index in [0.29, 0.717) is 6.61 Å². The van der Waals surface area contributed by atoms with E-state index in [2.05, 4.69) is 6.07 Å². The molecule has 0 amide bonds. The Morgan fingerprint density at radius 3 is 2.76 bits per heavy atom. The van der Waals surface area contributed by atoms with E-state index in [9.17, 15) is 10.1 Å². The van der Waals surface area contributed by atoms with Crippen LogP contribution in [0.4, 0.5) is 0 Å². The Labute approximate surface area is 124 Å². The molecule has 21 heavy (non-hydrogen) atoms. The lowest BCUT2D eigenvalue weighted by Crippen LogP contribution is -2.68. The van der Waals surface area contributed by atoms with Crippen molar-refractivity contribution in [1.29, 1.82) is 5.26 Å². The van der Waals surface area contributed by atoms with Crippen LogP contribution in [-0.2, 0) is 20.9 Å². The molecule has 0 bridgehead atoms. The van der Waals surface area contributed by atoms with E-state index in [0.717, 1.165) is 5.56 Å². The first kappa shape index (κ1) is 14.1. The molecular formula is C17H19NO3. The van der Waals surface area contributed by atoms with Crippen molar-refractivity contribution in [3.8, 4) is 6.07 Å². The molecule has 0 radical (unpaired) electrons. The van der Waals surface area contributed by atoms with E-state index in [1.54, 1.807) is 0 Å². The fourth-order valence-electron chi connectivity index (χ4n) is 3.57. The first-order valence-corrected chi connectivity index (χ1v) is 7.28. The Bertz CT molecular complexity index is 575. The van der Waals surface area contributed by atoms with E-state index in [1.165, 1.54) is 0 Å². The van der Waals surface area contributed by atoms with Gasteiger partial charge in [0.1, 0.15) is 6.10 Å². The number of carbonyl (C=O) groups excluding carboxylic acids is 1. The van der Waals surface area contributed by atoms with Gasteiger partial charge in [0.25, 0.3) is 0 Å². The van der Waals surface area contributed by atoms with Crippen LogP contribution in [0, 0.1) is 28.6 Å². The maximum atomic E-state index is 11.6. The van der Waals surface area contributed by atoms with E-state index in [-0.39, 0.29) is 41.8 Å². The topological polar surface area (TPSA) is 59.3 Å². The number of carbonyl (C=O) groups is 1. The summed E-state index contributed by atoms with van der Waals surface area (Å²) >= 11 is 0. The molecule has 4 heteroatoms. The van der Waals surface area contributed by atoms with Gasteiger partial charge in [-0.25, -0.2) is 0 Å². The molecule has 1 aromatic rings. The van der Waals surface area contributed by atoms with Gasteiger partial charge in [-0.1, -0.05) is 44.2 Å². The summed E-state index contributed by atoms with van der Waals surface area (Å²) in [5.41, 5.74) is 0.864. The van der Waals surface area contributed by atoms with Crippen molar-refractivity contribution in [2.75, 3.05) is 0 Å². The number of rotatable bonds is 3. The van der Waals surface area contributed by atoms with Crippen LogP contribution < -0.4 is 0 Å². The highest BCUT2D eigenvalue weighted by molar-refractivity contribution is 5.72. The molecule has 0 aromatic heterocycles. The van der Waals surface area contributed by atoms with Crippen LogP contribution in [0.25, 0.3) is 0 Å². The largest absolute Gasteiger partial charge is 0.461 e. The van der Waals surface area contributed by atoms with Crippen molar-refractivity contribution in [2.24, 2.45) is 17.3 Å². The fraction of sp³-hybridized carbons (Fsp3) is 0.529. The SMILES string of the molecule is CC1(C)[C@@H](OCc2ccccc2)[C@@H]2[C@@H](C#N)CC(=O)O[C@@H]21. The van der Waals surface area contributed by atoms with Gasteiger partial charge in [0.2, 0.25) is 0 Å². The van der Waals surface area contributed by atoms with Gasteiger partial charge in [-0.15, -0.1) is 0 Å². The van der Waals surface area contributed by atoms with Gasteiger partial charge < -0.3 is 9.47 Å². The van der Waals surface area contributed by atoms with Crippen LogP contribution >= 0.6 is 0 Å². The molecule has 2 aliphatic rings. The maximum absolute atomic E-state index is 11.6. The molecule has 2 fully saturated rings. The van der Waals surface area contributed by atoms with E-state index in [4.69, 9.17) is 9.47 Å². The molecule has 0 spiro atoms. The average molecular weight is 285 g/mol. The zero-order chi connectivity index (χ0) is 15.0. The van der Waals surface area contributed by atoms with Gasteiger partial charge >= 0.3 is 5.97 Å². The van der Waals surface area contributed by atoms with Gasteiger partial charge in [-0.05, 0) is 5.56 Å². The number of hydrogen-bond donors (Lipinski definition) is 0. The van der Waals surface area contributed by atoms with Crippen LogP contribution in [0.3, 0.4) is 0 Å². The zero-order valence-electron chi connectivity index (χ0n) is 12.3. The molecule has 1 saturated heterocycles. The third-order valence-electron chi connectivity index (χ3n) is 4.71. The van der Waals surface area contributed by atoms with Crippen molar-refractivity contribution in [2.45, 2.75) is 39.1 Å². The molecule has 4 atom stereocenters. The van der Waals surface area contributed by atoms with E-state index in [1.807, 2.05) is 44.2 Å². The molecular weight excluding hydrogens is 266 g/mol. The minimum absolute atomic E-state index is 0.00795. The highest BCUT2D eigenvalue weighted by Crippen LogP contribution is 2.55. The summed E-state index contributed by atoms with van der Waals surface area (Å²) in [7, 11) is 0. The first-order valence-electron chi connectivity index (χ1n) is 7.28. The van der Waals surface area contributed by atoms with Gasteiger partial charge in [-0.2, -0.15) is 5.26 Å². The molecule has 0 N–H and O–H groups in total. The van der Waals surface area contributed by atoms with Crippen LogP contribution in [0.15, 0.2) is 30.3 Å². The van der Waals surface area contributed by atoms with E-state index < -0.39 is 0 Å². The minimum Gasteiger partial charge on any atom is -0.461 e. The summed E-state index contributed by atoms with van der Waals surface area (Å²) < 4.78 is 11.5. The second-order valence-corrected chi connectivity index (χ2v) is 6.47.